The number of carbonyl (C=O) groups excluding carboxylic acids is 1. The highest BCUT2D eigenvalue weighted by Crippen LogP contribution is 2.30. The van der Waals surface area contributed by atoms with Crippen LogP contribution in [0.4, 0.5) is 23.1 Å². The Balaban J connectivity index is 1.70. The molecule has 2 amide bonds. The van der Waals surface area contributed by atoms with Crippen LogP contribution < -0.4 is 14.8 Å². The van der Waals surface area contributed by atoms with E-state index < -0.39 is 18.0 Å². The van der Waals surface area contributed by atoms with Crippen molar-refractivity contribution in [2.75, 3.05) is 25.6 Å². The quantitative estimate of drug-likeness (QED) is 0.875. The maximum Gasteiger partial charge on any atom is 0.452 e. The molecular weight excluding hydrogens is 361 g/mol. The number of amides is 2. The summed E-state index contributed by atoms with van der Waals surface area (Å²) in [5.74, 6) is -0.0421. The third kappa shape index (κ3) is 3.92. The van der Waals surface area contributed by atoms with Crippen molar-refractivity contribution in [3.63, 3.8) is 0 Å². The number of methoxy groups -OCH3 is 1. The van der Waals surface area contributed by atoms with Crippen molar-refractivity contribution in [2.24, 2.45) is 0 Å². The Morgan fingerprint density at radius 3 is 2.92 bits per heavy atom. The summed E-state index contributed by atoms with van der Waals surface area (Å²) >= 11 is 0.477. The molecule has 1 aromatic heterocycles. The van der Waals surface area contributed by atoms with Crippen molar-refractivity contribution in [3.05, 3.63) is 29.6 Å². The van der Waals surface area contributed by atoms with Gasteiger partial charge in [-0.1, -0.05) is 0 Å². The van der Waals surface area contributed by atoms with Crippen LogP contribution in [0.5, 0.6) is 11.5 Å². The van der Waals surface area contributed by atoms with Gasteiger partial charge in [-0.05, 0) is 12.1 Å². The zero-order valence-corrected chi connectivity index (χ0v) is 13.8. The van der Waals surface area contributed by atoms with Crippen molar-refractivity contribution in [1.82, 2.24) is 14.3 Å². The monoisotopic (exact) mass is 374 g/mol. The van der Waals surface area contributed by atoms with Gasteiger partial charge in [-0.15, -0.1) is 0 Å². The number of fused-ring (bicyclic) bond motifs is 1. The first-order valence-corrected chi connectivity index (χ1v) is 7.90. The molecule has 0 saturated carbocycles. The molecule has 0 aliphatic carbocycles. The van der Waals surface area contributed by atoms with Crippen LogP contribution in [0.1, 0.15) is 11.4 Å². The second kappa shape index (κ2) is 6.75. The predicted molar refractivity (Wildman–Crippen MR) is 82.8 cm³/mol. The molecule has 1 N–H and O–H groups in total. The summed E-state index contributed by atoms with van der Waals surface area (Å²) in [7, 11) is 1.54. The topological polar surface area (TPSA) is 76.6 Å². The number of urea groups is 1. The fourth-order valence-corrected chi connectivity index (χ4v) is 2.79. The van der Waals surface area contributed by atoms with Crippen molar-refractivity contribution >= 4 is 22.7 Å². The Labute approximate surface area is 144 Å². The highest BCUT2D eigenvalue weighted by molar-refractivity contribution is 7.09. The van der Waals surface area contributed by atoms with E-state index in [1.807, 2.05) is 0 Å². The maximum atomic E-state index is 12.5. The molecule has 1 aliphatic heterocycles. The van der Waals surface area contributed by atoms with E-state index in [1.165, 1.54) is 12.0 Å². The normalized spacial score (nSPS) is 14.3. The molecule has 7 nitrogen and oxygen atoms in total. The Morgan fingerprint density at radius 2 is 2.24 bits per heavy atom. The largest absolute Gasteiger partial charge is 0.497 e. The van der Waals surface area contributed by atoms with Crippen molar-refractivity contribution < 1.29 is 27.4 Å². The number of hydrogen-bond acceptors (Lipinski definition) is 6. The zero-order chi connectivity index (χ0) is 18.0. The first kappa shape index (κ1) is 17.3. The summed E-state index contributed by atoms with van der Waals surface area (Å²) in [6, 6.07) is 4.66. The van der Waals surface area contributed by atoms with Gasteiger partial charge in [-0.25, -0.2) is 4.79 Å². The van der Waals surface area contributed by atoms with Gasteiger partial charge in [0.05, 0.1) is 20.2 Å². The third-order valence-corrected chi connectivity index (χ3v) is 4.07. The van der Waals surface area contributed by atoms with Crippen molar-refractivity contribution in [1.29, 1.82) is 0 Å². The number of alkyl halides is 3. The minimum absolute atomic E-state index is 0.211. The Kier molecular flexibility index (Phi) is 4.66. The molecule has 0 bridgehead atoms. The zero-order valence-electron chi connectivity index (χ0n) is 13.0. The standard InChI is InChI=1S/C14H13F3N4O3S/c1-23-9-3-2-8-7-21(4-5-24-10(8)6-9)13(22)19-12-18-11(20-25-12)14(15,16)17/h2-3,6H,4-5,7H2,1H3,(H,18,19,20,22). The molecule has 2 heterocycles. The molecule has 1 aliphatic rings. The summed E-state index contributed by atoms with van der Waals surface area (Å²) in [4.78, 5) is 17.0. The summed E-state index contributed by atoms with van der Waals surface area (Å²) in [6.07, 6.45) is -4.64. The smallest absolute Gasteiger partial charge is 0.452 e. The van der Waals surface area contributed by atoms with Gasteiger partial charge in [0.1, 0.15) is 18.1 Å². The first-order chi connectivity index (χ1) is 11.9. The van der Waals surface area contributed by atoms with E-state index in [1.54, 1.807) is 18.2 Å². The first-order valence-electron chi connectivity index (χ1n) is 7.13. The van der Waals surface area contributed by atoms with Gasteiger partial charge in [-0.3, -0.25) is 5.32 Å². The number of aromatic nitrogens is 2. The Bertz CT molecular complexity index is 781. The summed E-state index contributed by atoms with van der Waals surface area (Å²) in [5, 5.41) is 2.13. The molecule has 25 heavy (non-hydrogen) atoms. The summed E-state index contributed by atoms with van der Waals surface area (Å²) in [5.41, 5.74) is 0.765. The molecule has 2 aromatic rings. The second-order valence-electron chi connectivity index (χ2n) is 5.09. The number of benzene rings is 1. The lowest BCUT2D eigenvalue weighted by Crippen LogP contribution is -2.36. The van der Waals surface area contributed by atoms with E-state index in [0.29, 0.717) is 23.0 Å². The van der Waals surface area contributed by atoms with E-state index in [0.717, 1.165) is 5.56 Å². The SMILES string of the molecule is COc1ccc2c(c1)OCCN(C(=O)Nc1nc(C(F)(F)F)ns1)C2. The molecule has 11 heteroatoms. The number of nitrogens with one attached hydrogen (secondary N) is 1. The van der Waals surface area contributed by atoms with Crippen LogP contribution in [-0.2, 0) is 12.7 Å². The lowest BCUT2D eigenvalue weighted by molar-refractivity contribution is -0.144. The van der Waals surface area contributed by atoms with E-state index in [4.69, 9.17) is 9.47 Å². The molecule has 1 aromatic carbocycles. The van der Waals surface area contributed by atoms with Gasteiger partial charge in [0.15, 0.2) is 0 Å². The molecule has 0 unspecified atom stereocenters. The number of carbonyl (C=O) groups is 1. The number of hydrogen-bond donors (Lipinski definition) is 1. The average molecular weight is 374 g/mol. The van der Waals surface area contributed by atoms with Crippen molar-refractivity contribution in [2.45, 2.75) is 12.7 Å². The van der Waals surface area contributed by atoms with Gasteiger partial charge in [-0.2, -0.15) is 22.5 Å². The van der Waals surface area contributed by atoms with Crippen LogP contribution in [0, 0.1) is 0 Å². The lowest BCUT2D eigenvalue weighted by atomic mass is 10.2. The number of ether oxygens (including phenoxy) is 2. The minimum Gasteiger partial charge on any atom is -0.497 e. The third-order valence-electron chi connectivity index (χ3n) is 3.43. The van der Waals surface area contributed by atoms with Crippen molar-refractivity contribution in [3.8, 4) is 11.5 Å². The highest BCUT2D eigenvalue weighted by Gasteiger charge is 2.36. The van der Waals surface area contributed by atoms with E-state index in [-0.39, 0.29) is 24.8 Å². The van der Waals surface area contributed by atoms with Crippen LogP contribution in [0.25, 0.3) is 0 Å². The molecule has 3 rings (SSSR count). The van der Waals surface area contributed by atoms with Crippen LogP contribution in [-0.4, -0.2) is 40.5 Å². The Hall–Kier alpha value is -2.56. The molecule has 0 fully saturated rings. The molecule has 134 valence electrons. The van der Waals surface area contributed by atoms with Gasteiger partial charge in [0.2, 0.25) is 11.0 Å². The average Bonchev–Trinajstić information content (AvgIpc) is 2.93. The summed E-state index contributed by atoms with van der Waals surface area (Å²) < 4.78 is 51.4. The van der Waals surface area contributed by atoms with E-state index >= 15 is 0 Å². The second-order valence-corrected chi connectivity index (χ2v) is 5.85. The molecule has 0 atom stereocenters. The number of rotatable bonds is 2. The molecule has 0 saturated heterocycles. The van der Waals surface area contributed by atoms with E-state index in [9.17, 15) is 18.0 Å². The Morgan fingerprint density at radius 1 is 1.44 bits per heavy atom. The summed E-state index contributed by atoms with van der Waals surface area (Å²) in [6.45, 7) is 0.765. The van der Waals surface area contributed by atoms with Crippen LogP contribution in [0.3, 0.4) is 0 Å². The van der Waals surface area contributed by atoms with Crippen LogP contribution >= 0.6 is 11.5 Å². The molecular formula is C14H13F3N4O3S. The van der Waals surface area contributed by atoms with Crippen LogP contribution in [0.15, 0.2) is 18.2 Å². The van der Waals surface area contributed by atoms with Gasteiger partial charge in [0.25, 0.3) is 0 Å². The molecule has 0 radical (unpaired) electrons. The number of nitrogens with zero attached hydrogens (tertiary/aromatic N) is 3. The minimum atomic E-state index is -4.64. The highest BCUT2D eigenvalue weighted by atomic mass is 32.1. The predicted octanol–water partition coefficient (Wildman–Crippen LogP) is 2.99. The van der Waals surface area contributed by atoms with E-state index in [2.05, 4.69) is 14.7 Å². The van der Waals surface area contributed by atoms with Gasteiger partial charge >= 0.3 is 12.2 Å². The molecule has 0 spiro atoms. The van der Waals surface area contributed by atoms with Crippen LogP contribution in [0.2, 0.25) is 0 Å². The van der Waals surface area contributed by atoms with Gasteiger partial charge in [0, 0.05) is 23.2 Å². The number of halogens is 3. The maximum absolute atomic E-state index is 12.5. The fourth-order valence-electron chi connectivity index (χ4n) is 2.21. The number of anilines is 1. The van der Waals surface area contributed by atoms with Gasteiger partial charge < -0.3 is 14.4 Å². The lowest BCUT2D eigenvalue weighted by Gasteiger charge is -2.19. The fraction of sp³-hybridized carbons (Fsp3) is 0.357.